The molecule has 3 N–H and O–H groups in total. The van der Waals surface area contributed by atoms with E-state index in [9.17, 15) is 0 Å². The van der Waals surface area contributed by atoms with Crippen LogP contribution < -0.4 is 11.1 Å². The molecule has 0 saturated heterocycles. The van der Waals surface area contributed by atoms with Gasteiger partial charge in [0.25, 0.3) is 0 Å². The molecule has 0 aromatic carbocycles. The van der Waals surface area contributed by atoms with Gasteiger partial charge in [-0.1, -0.05) is 0 Å². The van der Waals surface area contributed by atoms with Gasteiger partial charge in [-0.25, -0.2) is 0 Å². The van der Waals surface area contributed by atoms with Crippen molar-refractivity contribution in [1.82, 2.24) is 5.32 Å². The fourth-order valence-corrected chi connectivity index (χ4v) is 1.00. The Labute approximate surface area is 84.8 Å². The molecule has 0 atom stereocenters. The van der Waals surface area contributed by atoms with Crippen molar-refractivity contribution < 1.29 is 9.47 Å². The second kappa shape index (κ2) is 8.22. The smallest absolute Gasteiger partial charge is 0.163 e. The van der Waals surface area contributed by atoms with Crippen LogP contribution in [-0.2, 0) is 9.47 Å². The summed E-state index contributed by atoms with van der Waals surface area (Å²) in [5.74, 6) is 0. The van der Waals surface area contributed by atoms with Crippen LogP contribution in [0.2, 0.25) is 0 Å². The third-order valence-electron chi connectivity index (χ3n) is 1.38. The van der Waals surface area contributed by atoms with Gasteiger partial charge in [0, 0.05) is 26.2 Å². The molecule has 0 aliphatic heterocycles. The Hall–Kier alpha value is -0.390. The molecule has 0 spiro atoms. The highest BCUT2D eigenvalue weighted by molar-refractivity contribution is 7.80. The Morgan fingerprint density at radius 3 is 2.31 bits per heavy atom. The summed E-state index contributed by atoms with van der Waals surface area (Å²) in [7, 11) is 0. The van der Waals surface area contributed by atoms with Gasteiger partial charge in [0.05, 0.1) is 0 Å². The number of nitrogens with one attached hydrogen (secondary N) is 1. The van der Waals surface area contributed by atoms with Crippen LogP contribution in [0.5, 0.6) is 0 Å². The lowest BCUT2D eigenvalue weighted by Gasteiger charge is -2.16. The lowest BCUT2D eigenvalue weighted by Crippen LogP contribution is -2.32. The zero-order valence-electron chi connectivity index (χ0n) is 8.21. The Kier molecular flexibility index (Phi) is 7.97. The van der Waals surface area contributed by atoms with Crippen LogP contribution in [0, 0.1) is 0 Å². The lowest BCUT2D eigenvalue weighted by atomic mass is 10.4. The first-order chi connectivity index (χ1) is 6.20. The molecule has 0 aromatic rings. The highest BCUT2D eigenvalue weighted by Crippen LogP contribution is 1.99. The van der Waals surface area contributed by atoms with E-state index >= 15 is 0 Å². The van der Waals surface area contributed by atoms with Crippen LogP contribution in [0.15, 0.2) is 0 Å². The van der Waals surface area contributed by atoms with Crippen molar-refractivity contribution in [3.63, 3.8) is 0 Å². The topological polar surface area (TPSA) is 56.5 Å². The highest BCUT2D eigenvalue weighted by Gasteiger charge is 2.06. The van der Waals surface area contributed by atoms with Crippen molar-refractivity contribution in [1.29, 1.82) is 0 Å². The summed E-state index contributed by atoms with van der Waals surface area (Å²) in [4.78, 5) is 0. The average Bonchev–Trinajstić information content (AvgIpc) is 2.04. The molecule has 4 nitrogen and oxygen atoms in total. The molecule has 0 amide bonds. The predicted molar refractivity (Wildman–Crippen MR) is 56.4 cm³/mol. The van der Waals surface area contributed by atoms with Crippen molar-refractivity contribution in [3.05, 3.63) is 0 Å². The van der Waals surface area contributed by atoms with Crippen molar-refractivity contribution in [2.75, 3.05) is 19.8 Å². The van der Waals surface area contributed by atoms with Gasteiger partial charge in [0.1, 0.15) is 0 Å². The van der Waals surface area contributed by atoms with Crippen LogP contribution in [0.4, 0.5) is 0 Å². The number of nitrogens with two attached hydrogens (primary N) is 1. The van der Waals surface area contributed by atoms with E-state index in [1.807, 2.05) is 13.8 Å². The fraction of sp³-hybridized carbons (Fsp3) is 0.875. The van der Waals surface area contributed by atoms with E-state index in [0.29, 0.717) is 24.9 Å². The van der Waals surface area contributed by atoms with Gasteiger partial charge in [0.15, 0.2) is 11.4 Å². The third-order valence-corrected chi connectivity index (χ3v) is 1.53. The van der Waals surface area contributed by atoms with E-state index < -0.39 is 0 Å². The van der Waals surface area contributed by atoms with Crippen LogP contribution in [0.1, 0.15) is 20.3 Å². The summed E-state index contributed by atoms with van der Waals surface area (Å²) in [5, 5.41) is 3.15. The molecule has 78 valence electrons. The second-order valence-corrected chi connectivity index (χ2v) is 2.86. The summed E-state index contributed by atoms with van der Waals surface area (Å²) in [6.07, 6.45) is 0.593. The standard InChI is InChI=1S/C8H18N2O2S/c1-3-11-7(12-4-2)5-6-10-8(9)13/h7H,3-6H2,1-2H3,(H3,9,10,13). The largest absolute Gasteiger partial charge is 0.376 e. The molecule has 0 aromatic heterocycles. The minimum Gasteiger partial charge on any atom is -0.376 e. The van der Waals surface area contributed by atoms with Crippen LogP contribution >= 0.6 is 12.2 Å². The van der Waals surface area contributed by atoms with Gasteiger partial charge in [-0.05, 0) is 26.1 Å². The molecule has 0 fully saturated rings. The van der Waals surface area contributed by atoms with Gasteiger partial charge < -0.3 is 20.5 Å². The van der Waals surface area contributed by atoms with Crippen molar-refractivity contribution >= 4 is 17.3 Å². The van der Waals surface area contributed by atoms with Crippen molar-refractivity contribution in [2.24, 2.45) is 5.73 Å². The van der Waals surface area contributed by atoms with Crippen LogP contribution in [-0.4, -0.2) is 31.2 Å². The van der Waals surface area contributed by atoms with E-state index in [1.165, 1.54) is 0 Å². The maximum atomic E-state index is 5.32. The van der Waals surface area contributed by atoms with Gasteiger partial charge in [-0.15, -0.1) is 0 Å². The van der Waals surface area contributed by atoms with Gasteiger partial charge in [-0.2, -0.15) is 0 Å². The van der Waals surface area contributed by atoms with Gasteiger partial charge in [-0.3, -0.25) is 0 Å². The zero-order valence-corrected chi connectivity index (χ0v) is 9.02. The molecule has 0 aliphatic rings. The molecule has 0 heterocycles. The Morgan fingerprint density at radius 2 is 1.92 bits per heavy atom. The molecule has 5 heteroatoms. The molecule has 0 rings (SSSR count). The summed E-state index contributed by atoms with van der Waals surface area (Å²) in [6, 6.07) is 0. The van der Waals surface area contributed by atoms with Crippen molar-refractivity contribution in [3.8, 4) is 0 Å². The second-order valence-electron chi connectivity index (χ2n) is 2.42. The van der Waals surface area contributed by atoms with E-state index in [2.05, 4.69) is 17.5 Å². The number of rotatable bonds is 7. The van der Waals surface area contributed by atoms with E-state index in [1.54, 1.807) is 0 Å². The van der Waals surface area contributed by atoms with Crippen LogP contribution in [0.25, 0.3) is 0 Å². The zero-order chi connectivity index (χ0) is 10.1. The number of hydrogen-bond acceptors (Lipinski definition) is 3. The maximum absolute atomic E-state index is 5.32. The Bertz CT molecular complexity index is 138. The minimum absolute atomic E-state index is 0.156. The first kappa shape index (κ1) is 12.6. The summed E-state index contributed by atoms with van der Waals surface area (Å²) in [6.45, 7) is 5.86. The lowest BCUT2D eigenvalue weighted by molar-refractivity contribution is -0.138. The fourth-order valence-electron chi connectivity index (χ4n) is 0.900. The molecule has 0 radical (unpaired) electrons. The summed E-state index contributed by atoms with van der Waals surface area (Å²) < 4.78 is 10.6. The normalized spacial score (nSPS) is 10.4. The number of ether oxygens (including phenoxy) is 2. The maximum Gasteiger partial charge on any atom is 0.163 e. The Balaban J connectivity index is 3.49. The first-order valence-electron chi connectivity index (χ1n) is 4.47. The predicted octanol–water partition coefficient (Wildman–Crippen LogP) is 0.609. The van der Waals surface area contributed by atoms with Gasteiger partial charge >= 0.3 is 0 Å². The molecule has 0 saturated carbocycles. The van der Waals surface area contributed by atoms with E-state index in [4.69, 9.17) is 15.2 Å². The highest BCUT2D eigenvalue weighted by atomic mass is 32.1. The minimum atomic E-state index is -0.156. The van der Waals surface area contributed by atoms with Crippen molar-refractivity contribution in [2.45, 2.75) is 26.6 Å². The van der Waals surface area contributed by atoms with Crippen LogP contribution in [0.3, 0.4) is 0 Å². The molecule has 0 aliphatic carbocycles. The van der Waals surface area contributed by atoms with Gasteiger partial charge in [0.2, 0.25) is 0 Å². The molecule has 0 bridgehead atoms. The molecular formula is C8H18N2O2S. The van der Waals surface area contributed by atoms with E-state index in [0.717, 1.165) is 6.42 Å². The summed E-state index contributed by atoms with van der Waals surface area (Å²) in [5.41, 5.74) is 5.27. The average molecular weight is 206 g/mol. The first-order valence-corrected chi connectivity index (χ1v) is 4.88. The Morgan fingerprint density at radius 1 is 1.38 bits per heavy atom. The quantitative estimate of drug-likeness (QED) is 0.472. The monoisotopic (exact) mass is 206 g/mol. The number of thiocarbonyl (C=S) groups is 1. The molecular weight excluding hydrogens is 188 g/mol. The summed E-state index contributed by atoms with van der Waals surface area (Å²) >= 11 is 4.66. The third kappa shape index (κ3) is 7.95. The van der Waals surface area contributed by atoms with E-state index in [-0.39, 0.29) is 6.29 Å². The SMILES string of the molecule is CCOC(CCNC(N)=S)OCC. The molecule has 13 heavy (non-hydrogen) atoms. The molecule has 0 unspecified atom stereocenters. The number of hydrogen-bond donors (Lipinski definition) is 2.